The molecule has 0 radical (unpaired) electrons. The topological polar surface area (TPSA) is 51.1 Å². The van der Waals surface area contributed by atoms with Gasteiger partial charge in [-0.15, -0.1) is 0 Å². The molecule has 1 aliphatic heterocycles. The van der Waals surface area contributed by atoms with Crippen molar-refractivity contribution < 1.29 is 13.7 Å². The van der Waals surface area contributed by atoms with E-state index >= 15 is 0 Å². The maximum atomic E-state index is 11.8. The van der Waals surface area contributed by atoms with Gasteiger partial charge in [0, 0.05) is 16.6 Å². The smallest absolute Gasteiger partial charge is 0.275 e. The van der Waals surface area contributed by atoms with Gasteiger partial charge in [-0.05, 0) is 37.6 Å². The molecule has 0 bridgehead atoms. The number of fused-ring (bicyclic) bond motifs is 1. The highest BCUT2D eigenvalue weighted by atomic mass is 32.2. The minimum absolute atomic E-state index is 0.107. The van der Waals surface area contributed by atoms with E-state index in [1.165, 1.54) is 12.8 Å². The van der Waals surface area contributed by atoms with E-state index in [9.17, 15) is 4.21 Å². The van der Waals surface area contributed by atoms with Gasteiger partial charge in [0.25, 0.3) is 5.79 Å². The lowest BCUT2D eigenvalue weighted by Crippen LogP contribution is -2.30. The summed E-state index contributed by atoms with van der Waals surface area (Å²) in [5.41, 5.74) is 0. The number of hydrogen-bond acceptors (Lipinski definition) is 3. The van der Waals surface area contributed by atoms with E-state index in [0.29, 0.717) is 11.8 Å². The van der Waals surface area contributed by atoms with Crippen molar-refractivity contribution in [3.05, 3.63) is 0 Å². The molecule has 5 heteroatoms. The quantitative estimate of drug-likeness (QED) is 0.764. The predicted molar refractivity (Wildman–Crippen MR) is 71.6 cm³/mol. The standard InChI is InChI=1S/C13H23NO3S/c1-14-9-18(15)8-10-4-11-6-13(7-12(11)5-10)16-2-3-17-13/h10-12,14H,2-9H2,1H3/p+1/t10?,11-,12+,18?. The Morgan fingerprint density at radius 1 is 1.39 bits per heavy atom. The Bertz CT molecular complexity index is 314. The molecule has 1 spiro atoms. The van der Waals surface area contributed by atoms with Gasteiger partial charge in [0.2, 0.25) is 0 Å². The van der Waals surface area contributed by atoms with Crippen LogP contribution in [-0.4, -0.2) is 46.6 Å². The molecule has 18 heavy (non-hydrogen) atoms. The lowest BCUT2D eigenvalue weighted by Gasteiger charge is -2.19. The second kappa shape index (κ2) is 5.19. The Morgan fingerprint density at radius 2 is 2.11 bits per heavy atom. The summed E-state index contributed by atoms with van der Waals surface area (Å²) in [6.07, 6.45) is 4.71. The summed E-state index contributed by atoms with van der Waals surface area (Å²) in [4.78, 5) is 0. The van der Waals surface area contributed by atoms with Crippen LogP contribution < -0.4 is 5.32 Å². The van der Waals surface area contributed by atoms with Gasteiger partial charge in [-0.3, -0.25) is 4.21 Å². The summed E-state index contributed by atoms with van der Waals surface area (Å²) < 4.78 is 22.3. The van der Waals surface area contributed by atoms with Crippen LogP contribution >= 0.6 is 0 Å². The van der Waals surface area contributed by atoms with Crippen LogP contribution in [0.4, 0.5) is 0 Å². The normalized spacial score (nSPS) is 44.6. The van der Waals surface area contributed by atoms with Crippen molar-refractivity contribution in [2.24, 2.45) is 17.8 Å². The number of nitrogens with one attached hydrogen (secondary N) is 1. The zero-order valence-corrected chi connectivity index (χ0v) is 11.9. The molecule has 3 fully saturated rings. The van der Waals surface area contributed by atoms with E-state index in [1.807, 2.05) is 7.05 Å². The van der Waals surface area contributed by atoms with Gasteiger partial charge >= 0.3 is 0 Å². The predicted octanol–water partition coefficient (Wildman–Crippen LogP) is 0.603. The summed E-state index contributed by atoms with van der Waals surface area (Å²) in [5, 5.41) is 3.00. The summed E-state index contributed by atoms with van der Waals surface area (Å²) in [6, 6.07) is 0. The van der Waals surface area contributed by atoms with Gasteiger partial charge in [-0.25, -0.2) is 0 Å². The maximum Gasteiger partial charge on any atom is 0.275 e. The minimum atomic E-state index is -0.694. The summed E-state index contributed by atoms with van der Waals surface area (Å²) in [5.74, 6) is 3.59. The Kier molecular flexibility index (Phi) is 3.76. The Balaban J connectivity index is 1.51. The first-order valence-electron chi connectivity index (χ1n) is 7.03. The summed E-state index contributed by atoms with van der Waals surface area (Å²) in [6.45, 7) is 1.70. The van der Waals surface area contributed by atoms with Crippen LogP contribution in [0.15, 0.2) is 0 Å². The highest BCUT2D eigenvalue weighted by Gasteiger charge is 2.56. The third-order valence-corrected chi connectivity index (χ3v) is 6.14. The SMILES string of the molecule is CNCS(=O)CC1C[C@@H]2CC3(C[C@@H]2C1)OCC[OH+]3. The van der Waals surface area contributed by atoms with Crippen molar-refractivity contribution >= 4 is 10.8 Å². The first-order valence-corrected chi connectivity index (χ1v) is 8.52. The minimum Gasteiger partial charge on any atom is -0.406 e. The number of ether oxygens (including phenoxy) is 2. The fraction of sp³-hybridized carbons (Fsp3) is 1.00. The van der Waals surface area contributed by atoms with Gasteiger partial charge in [-0.2, -0.15) is 0 Å². The van der Waals surface area contributed by atoms with Crippen LogP contribution in [0.5, 0.6) is 0 Å². The molecular weight excluding hydrogens is 250 g/mol. The lowest BCUT2D eigenvalue weighted by atomic mass is 10.0. The number of hydrogen-bond donors (Lipinski definition) is 1. The fourth-order valence-electron chi connectivity index (χ4n) is 4.14. The van der Waals surface area contributed by atoms with Crippen molar-refractivity contribution in [2.45, 2.75) is 31.5 Å². The van der Waals surface area contributed by atoms with Crippen molar-refractivity contribution in [2.75, 3.05) is 31.9 Å². The van der Waals surface area contributed by atoms with Gasteiger partial charge in [0.1, 0.15) is 6.61 Å². The molecular formula is C13H24NO3S+. The van der Waals surface area contributed by atoms with E-state index in [1.54, 1.807) is 0 Å². The van der Waals surface area contributed by atoms with Crippen molar-refractivity contribution in [3.63, 3.8) is 0 Å². The highest BCUT2D eigenvalue weighted by Crippen LogP contribution is 2.52. The Morgan fingerprint density at radius 3 is 2.67 bits per heavy atom. The van der Waals surface area contributed by atoms with Crippen molar-refractivity contribution in [1.82, 2.24) is 5.32 Å². The Labute approximate surface area is 111 Å². The molecule has 3 unspecified atom stereocenters. The first kappa shape index (κ1) is 13.0. The van der Waals surface area contributed by atoms with Gasteiger partial charge in [-0.1, -0.05) is 0 Å². The first-order chi connectivity index (χ1) is 8.71. The molecule has 2 aliphatic carbocycles. The molecule has 5 atom stereocenters. The largest absolute Gasteiger partial charge is 0.406 e. The van der Waals surface area contributed by atoms with E-state index in [4.69, 9.17) is 4.74 Å². The summed E-state index contributed by atoms with van der Waals surface area (Å²) in [7, 11) is 1.17. The molecule has 3 rings (SSSR count). The third kappa shape index (κ3) is 2.50. The van der Waals surface area contributed by atoms with E-state index in [0.717, 1.165) is 43.6 Å². The Hall–Kier alpha value is 0.0300. The molecule has 1 saturated heterocycles. The monoisotopic (exact) mass is 274 g/mol. The van der Waals surface area contributed by atoms with E-state index in [2.05, 4.69) is 10.1 Å². The number of aliphatic hydroxyl groups is 2. The molecule has 104 valence electrons. The van der Waals surface area contributed by atoms with Gasteiger partial charge in [0.05, 0.1) is 18.7 Å². The summed E-state index contributed by atoms with van der Waals surface area (Å²) >= 11 is 0. The lowest BCUT2D eigenvalue weighted by molar-refractivity contribution is -0.246. The molecule has 3 aliphatic rings. The zero-order chi connectivity index (χ0) is 12.6. The second-order valence-corrected chi connectivity index (χ2v) is 7.55. The average molecular weight is 274 g/mol. The molecule has 0 amide bonds. The average Bonchev–Trinajstić information content (AvgIpc) is 2.95. The number of rotatable bonds is 4. The van der Waals surface area contributed by atoms with Gasteiger partial charge < -0.3 is 14.8 Å². The highest BCUT2D eigenvalue weighted by molar-refractivity contribution is 7.84. The van der Waals surface area contributed by atoms with Crippen LogP contribution in [0.25, 0.3) is 0 Å². The molecule has 1 heterocycles. The van der Waals surface area contributed by atoms with Crippen LogP contribution in [0.3, 0.4) is 0 Å². The molecule has 0 aromatic rings. The third-order valence-electron chi connectivity index (χ3n) is 4.69. The maximum absolute atomic E-state index is 11.8. The molecule has 4 nitrogen and oxygen atoms in total. The zero-order valence-electron chi connectivity index (χ0n) is 11.1. The second-order valence-electron chi connectivity index (χ2n) is 6.05. The van der Waals surface area contributed by atoms with E-state index < -0.39 is 10.8 Å². The molecule has 0 aromatic heterocycles. The van der Waals surface area contributed by atoms with E-state index in [-0.39, 0.29) is 5.79 Å². The molecule has 2 N–H and O–H groups in total. The van der Waals surface area contributed by atoms with Crippen LogP contribution in [0.2, 0.25) is 0 Å². The van der Waals surface area contributed by atoms with Crippen molar-refractivity contribution in [1.29, 1.82) is 0 Å². The molecule has 2 saturated carbocycles. The van der Waals surface area contributed by atoms with Crippen molar-refractivity contribution in [3.8, 4) is 0 Å². The fourth-order valence-corrected chi connectivity index (χ4v) is 5.37. The van der Waals surface area contributed by atoms with Crippen LogP contribution in [0.1, 0.15) is 25.7 Å². The molecule has 0 aromatic carbocycles. The van der Waals surface area contributed by atoms with Gasteiger partial charge in [0.15, 0.2) is 6.61 Å². The van der Waals surface area contributed by atoms with Crippen LogP contribution in [-0.2, 0) is 15.5 Å². The van der Waals surface area contributed by atoms with Crippen LogP contribution in [0, 0.1) is 17.8 Å².